The van der Waals surface area contributed by atoms with E-state index in [1.54, 1.807) is 18.2 Å². The largest absolute Gasteiger partial charge is 0.416 e. The molecule has 10 heteroatoms. The van der Waals surface area contributed by atoms with Crippen molar-refractivity contribution in [3.05, 3.63) is 84.2 Å². The number of aromatic nitrogens is 2. The van der Waals surface area contributed by atoms with Crippen molar-refractivity contribution >= 4 is 39.8 Å². The van der Waals surface area contributed by atoms with Gasteiger partial charge in [-0.1, -0.05) is 24.6 Å². The molecule has 0 atom stereocenters. The van der Waals surface area contributed by atoms with Crippen molar-refractivity contribution in [3.63, 3.8) is 0 Å². The first kappa shape index (κ1) is 25.5. The van der Waals surface area contributed by atoms with Crippen molar-refractivity contribution in [2.24, 2.45) is 0 Å². The van der Waals surface area contributed by atoms with Crippen LogP contribution in [-0.4, -0.2) is 34.0 Å². The molecule has 1 saturated heterocycles. The molecule has 0 radical (unpaired) electrons. The van der Waals surface area contributed by atoms with Gasteiger partial charge in [-0.15, -0.1) is 0 Å². The number of rotatable bonds is 6. The Hall–Kier alpha value is -4.18. The fraction of sp³-hybridized carbons (Fsp3) is 0.250. The number of alkyl halides is 3. The third kappa shape index (κ3) is 6.38. The number of nitrogens with zero attached hydrogens (tertiary/aromatic N) is 3. The highest BCUT2D eigenvalue weighted by Gasteiger charge is 2.30. The first-order valence-corrected chi connectivity index (χ1v) is 12.4. The van der Waals surface area contributed by atoms with Crippen LogP contribution in [0.15, 0.2) is 73.1 Å². The molecular weight excluding hydrogens is 493 g/mol. The molecular formula is C28H27F3N6O. The van der Waals surface area contributed by atoms with Crippen molar-refractivity contribution in [2.45, 2.75) is 32.0 Å². The lowest BCUT2D eigenvalue weighted by atomic mass is 10.1. The lowest BCUT2D eigenvalue weighted by Crippen LogP contribution is -2.29. The van der Waals surface area contributed by atoms with Crippen LogP contribution < -0.4 is 16.0 Å². The average molecular weight is 521 g/mol. The molecule has 1 aliphatic rings. The number of nitrogens with one attached hydrogen (secondary N) is 3. The summed E-state index contributed by atoms with van der Waals surface area (Å²) >= 11 is 0. The third-order valence-electron chi connectivity index (χ3n) is 6.39. The molecule has 196 valence electrons. The SMILES string of the molecule is O=C(Nc1cccc(CN2CCCCC2)c1)Nc1ccc2ncnc(Nc3cccc(C(F)(F)F)c3)c2c1. The van der Waals surface area contributed by atoms with Crippen LogP contribution in [0.3, 0.4) is 0 Å². The smallest absolute Gasteiger partial charge is 0.340 e. The normalized spacial score (nSPS) is 14.3. The number of carbonyl (C=O) groups is 1. The fourth-order valence-electron chi connectivity index (χ4n) is 4.56. The molecule has 1 aromatic heterocycles. The average Bonchev–Trinajstić information content (AvgIpc) is 2.89. The molecule has 3 aromatic carbocycles. The van der Waals surface area contributed by atoms with Crippen LogP contribution in [0.4, 0.5) is 40.8 Å². The van der Waals surface area contributed by atoms with E-state index in [0.717, 1.165) is 37.3 Å². The maximum atomic E-state index is 13.1. The van der Waals surface area contributed by atoms with E-state index in [1.807, 2.05) is 18.2 Å². The minimum atomic E-state index is -4.46. The van der Waals surface area contributed by atoms with E-state index in [-0.39, 0.29) is 5.69 Å². The number of hydrogen-bond donors (Lipinski definition) is 3. The number of urea groups is 1. The van der Waals surface area contributed by atoms with Gasteiger partial charge in [0, 0.05) is 29.0 Å². The first-order chi connectivity index (χ1) is 18.3. The molecule has 7 nitrogen and oxygen atoms in total. The van der Waals surface area contributed by atoms with E-state index in [1.165, 1.54) is 37.7 Å². The van der Waals surface area contributed by atoms with Gasteiger partial charge in [0.1, 0.15) is 12.1 Å². The minimum absolute atomic E-state index is 0.236. The van der Waals surface area contributed by atoms with Gasteiger partial charge in [-0.05, 0) is 80.0 Å². The van der Waals surface area contributed by atoms with Crippen molar-refractivity contribution < 1.29 is 18.0 Å². The number of benzene rings is 3. The summed E-state index contributed by atoms with van der Waals surface area (Å²) in [4.78, 5) is 23.6. The van der Waals surface area contributed by atoms with Crippen LogP contribution in [0.25, 0.3) is 10.9 Å². The summed E-state index contributed by atoms with van der Waals surface area (Å²) in [6, 6.07) is 17.3. The number of carbonyl (C=O) groups excluding carboxylic acids is 1. The molecule has 0 bridgehead atoms. The van der Waals surface area contributed by atoms with E-state index >= 15 is 0 Å². The van der Waals surface area contributed by atoms with Gasteiger partial charge in [-0.25, -0.2) is 14.8 Å². The van der Waals surface area contributed by atoms with Gasteiger partial charge < -0.3 is 16.0 Å². The predicted octanol–water partition coefficient (Wildman–Crippen LogP) is 7.02. The van der Waals surface area contributed by atoms with Gasteiger partial charge in [0.15, 0.2) is 0 Å². The topological polar surface area (TPSA) is 82.2 Å². The number of piperidine rings is 1. The zero-order valence-electron chi connectivity index (χ0n) is 20.6. The van der Waals surface area contributed by atoms with Crippen molar-refractivity contribution in [2.75, 3.05) is 29.0 Å². The Morgan fingerprint density at radius 1 is 0.842 bits per heavy atom. The Morgan fingerprint density at radius 2 is 1.58 bits per heavy atom. The Morgan fingerprint density at radius 3 is 2.37 bits per heavy atom. The van der Waals surface area contributed by atoms with Gasteiger partial charge >= 0.3 is 12.2 Å². The summed E-state index contributed by atoms with van der Waals surface area (Å²) < 4.78 is 39.3. The molecule has 5 rings (SSSR count). The third-order valence-corrected chi connectivity index (χ3v) is 6.39. The molecule has 2 heterocycles. The number of hydrogen-bond acceptors (Lipinski definition) is 5. The standard InChI is InChI=1S/C28H27F3N6O/c29-28(30,31)20-7-5-9-22(15-20)34-26-24-16-23(10-11-25(24)32-18-33-26)36-27(38)35-21-8-4-6-19(14-21)17-37-12-2-1-3-13-37/h4-11,14-16,18H,1-3,12-13,17H2,(H,32,33,34)(H2,35,36,38). The predicted molar refractivity (Wildman–Crippen MR) is 142 cm³/mol. The van der Waals surface area contributed by atoms with Gasteiger partial charge in [0.25, 0.3) is 0 Å². The lowest BCUT2D eigenvalue weighted by Gasteiger charge is -2.26. The molecule has 1 aliphatic heterocycles. The minimum Gasteiger partial charge on any atom is -0.340 e. The number of halogens is 3. The summed E-state index contributed by atoms with van der Waals surface area (Å²) in [6.07, 6.45) is 0.586. The number of amides is 2. The van der Waals surface area contributed by atoms with Crippen LogP contribution in [0.2, 0.25) is 0 Å². The number of anilines is 4. The van der Waals surface area contributed by atoms with Gasteiger partial charge in [-0.2, -0.15) is 13.2 Å². The van der Waals surface area contributed by atoms with E-state index in [4.69, 9.17) is 0 Å². The summed E-state index contributed by atoms with van der Waals surface area (Å²) in [5.74, 6) is 0.323. The number of fused-ring (bicyclic) bond motifs is 1. The monoisotopic (exact) mass is 520 g/mol. The van der Waals surface area contributed by atoms with Gasteiger partial charge in [-0.3, -0.25) is 4.90 Å². The maximum absolute atomic E-state index is 13.1. The molecule has 4 aromatic rings. The molecule has 2 amide bonds. The first-order valence-electron chi connectivity index (χ1n) is 12.4. The Labute approximate surface area is 218 Å². The Balaban J connectivity index is 1.29. The van der Waals surface area contributed by atoms with Crippen LogP contribution in [0, 0.1) is 0 Å². The van der Waals surface area contributed by atoms with E-state index < -0.39 is 17.8 Å². The molecule has 0 saturated carbocycles. The Kier molecular flexibility index (Phi) is 7.41. The highest BCUT2D eigenvalue weighted by Crippen LogP contribution is 2.32. The van der Waals surface area contributed by atoms with E-state index in [0.29, 0.717) is 28.1 Å². The summed E-state index contributed by atoms with van der Waals surface area (Å²) in [6.45, 7) is 3.03. The molecule has 1 fully saturated rings. The summed E-state index contributed by atoms with van der Waals surface area (Å²) in [5.41, 5.74) is 2.36. The van der Waals surface area contributed by atoms with Crippen LogP contribution in [-0.2, 0) is 12.7 Å². The molecule has 0 aliphatic carbocycles. The second-order valence-corrected chi connectivity index (χ2v) is 9.27. The second kappa shape index (κ2) is 11.1. The molecule has 3 N–H and O–H groups in total. The quantitative estimate of drug-likeness (QED) is 0.254. The molecule has 0 unspecified atom stereocenters. The summed E-state index contributed by atoms with van der Waals surface area (Å²) in [5, 5.41) is 9.16. The zero-order chi connectivity index (χ0) is 26.5. The van der Waals surface area contributed by atoms with Crippen molar-refractivity contribution in [1.29, 1.82) is 0 Å². The highest BCUT2D eigenvalue weighted by molar-refractivity contribution is 6.02. The van der Waals surface area contributed by atoms with Crippen molar-refractivity contribution in [3.8, 4) is 0 Å². The van der Waals surface area contributed by atoms with E-state index in [9.17, 15) is 18.0 Å². The highest BCUT2D eigenvalue weighted by atomic mass is 19.4. The molecule has 38 heavy (non-hydrogen) atoms. The number of likely N-dealkylation sites (tertiary alicyclic amines) is 1. The zero-order valence-corrected chi connectivity index (χ0v) is 20.6. The lowest BCUT2D eigenvalue weighted by molar-refractivity contribution is -0.137. The Bertz CT molecular complexity index is 1440. The second-order valence-electron chi connectivity index (χ2n) is 9.27. The fourth-order valence-corrected chi connectivity index (χ4v) is 4.56. The van der Waals surface area contributed by atoms with Crippen LogP contribution in [0.1, 0.15) is 30.4 Å². The summed E-state index contributed by atoms with van der Waals surface area (Å²) in [7, 11) is 0. The van der Waals surface area contributed by atoms with Crippen molar-refractivity contribution in [1.82, 2.24) is 14.9 Å². The van der Waals surface area contributed by atoms with Crippen LogP contribution in [0.5, 0.6) is 0 Å². The van der Waals surface area contributed by atoms with Gasteiger partial charge in [0.05, 0.1) is 11.1 Å². The molecule has 0 spiro atoms. The maximum Gasteiger partial charge on any atom is 0.416 e. The van der Waals surface area contributed by atoms with E-state index in [2.05, 4.69) is 36.9 Å². The van der Waals surface area contributed by atoms with Gasteiger partial charge in [0.2, 0.25) is 0 Å². The van der Waals surface area contributed by atoms with Crippen LogP contribution >= 0.6 is 0 Å².